The van der Waals surface area contributed by atoms with Crippen molar-refractivity contribution in [3.8, 4) is 11.5 Å². The molecule has 2 spiro atoms. The molecule has 9 nitrogen and oxygen atoms in total. The molecule has 0 saturated carbocycles. The molecule has 3 aliphatic heterocycles. The van der Waals surface area contributed by atoms with E-state index in [1.54, 1.807) is 0 Å². The number of para-hydroxylation sites is 2. The second-order valence-corrected chi connectivity index (χ2v) is 13.4. The number of nitrogens with zero attached hydrogens (tertiary/aromatic N) is 3. The first-order valence-corrected chi connectivity index (χ1v) is 14.5. The number of hydrogen-bond acceptors (Lipinski definition) is 9. The molecule has 2 saturated heterocycles. The maximum atomic E-state index is 6.37. The van der Waals surface area contributed by atoms with Gasteiger partial charge in [0.05, 0.1) is 19.8 Å². The lowest BCUT2D eigenvalue weighted by Gasteiger charge is -2.36. The monoisotopic (exact) mass is 468 g/mol. The van der Waals surface area contributed by atoms with Gasteiger partial charge in [0, 0.05) is 6.54 Å². The Morgan fingerprint density at radius 1 is 0.700 bits per heavy atom. The van der Waals surface area contributed by atoms with E-state index in [4.69, 9.17) is 36.2 Å². The summed E-state index contributed by atoms with van der Waals surface area (Å²) in [5.41, 5.74) is 0. The Morgan fingerprint density at radius 2 is 1.30 bits per heavy atom. The molecule has 1 atom stereocenters. The van der Waals surface area contributed by atoms with Gasteiger partial charge in [-0.15, -0.1) is 9.03 Å². The summed E-state index contributed by atoms with van der Waals surface area (Å²) < 4.78 is 45.5. The Labute approximate surface area is 175 Å². The molecule has 3 heterocycles. The second kappa shape index (κ2) is 8.60. The number of nitrogens with one attached hydrogen (secondary N) is 1. The lowest BCUT2D eigenvalue weighted by atomic mass is 10.3. The molecule has 0 radical (unpaired) electrons. The van der Waals surface area contributed by atoms with Gasteiger partial charge in [-0.05, 0) is 37.1 Å². The van der Waals surface area contributed by atoms with Gasteiger partial charge in [-0.25, -0.2) is 5.09 Å². The third kappa shape index (κ3) is 4.44. The molecule has 160 valence electrons. The minimum atomic E-state index is -3.28. The molecular weight excluding hydrogens is 445 g/mol. The molecule has 0 amide bonds. The summed E-state index contributed by atoms with van der Waals surface area (Å²) in [6.07, 6.45) is 1.66. The highest BCUT2D eigenvalue weighted by Crippen LogP contribution is 2.79. The first-order valence-electron chi connectivity index (χ1n) is 9.79. The Balaban J connectivity index is 1.69. The molecule has 2 aromatic rings. The maximum Gasteiger partial charge on any atom is 0.456 e. The van der Waals surface area contributed by atoms with Crippen LogP contribution in [0.3, 0.4) is 0 Å². The molecule has 1 unspecified atom stereocenters. The van der Waals surface area contributed by atoms with E-state index in [1.807, 2.05) is 60.7 Å². The molecule has 5 rings (SSSR count). The van der Waals surface area contributed by atoms with Crippen LogP contribution < -0.4 is 14.1 Å². The molecule has 0 bridgehead atoms. The van der Waals surface area contributed by atoms with Crippen LogP contribution in [0.2, 0.25) is 0 Å². The predicted molar refractivity (Wildman–Crippen MR) is 117 cm³/mol. The van der Waals surface area contributed by atoms with Crippen LogP contribution in [0.15, 0.2) is 74.2 Å². The van der Waals surface area contributed by atoms with Gasteiger partial charge in [-0.1, -0.05) is 36.4 Å². The highest BCUT2D eigenvalue weighted by Gasteiger charge is 2.45. The van der Waals surface area contributed by atoms with E-state index in [-0.39, 0.29) is 0 Å². The van der Waals surface area contributed by atoms with Gasteiger partial charge in [0.1, 0.15) is 11.5 Å². The minimum Gasteiger partial charge on any atom is -0.413 e. The van der Waals surface area contributed by atoms with E-state index in [2.05, 4.69) is 5.09 Å². The van der Waals surface area contributed by atoms with Crippen LogP contribution in [0.25, 0.3) is 0 Å². The van der Waals surface area contributed by atoms with Crippen molar-refractivity contribution in [2.75, 3.05) is 26.4 Å². The van der Waals surface area contributed by atoms with Crippen molar-refractivity contribution in [2.45, 2.75) is 12.8 Å². The zero-order chi connectivity index (χ0) is 20.3. The van der Waals surface area contributed by atoms with Crippen LogP contribution in [0.4, 0.5) is 0 Å². The average molecular weight is 468 g/mol. The van der Waals surface area contributed by atoms with Crippen LogP contribution >= 0.6 is 22.9 Å². The number of benzene rings is 2. The Kier molecular flexibility index (Phi) is 5.87. The summed E-state index contributed by atoms with van der Waals surface area (Å²) in [4.78, 5) is 0. The zero-order valence-electron chi connectivity index (χ0n) is 16.2. The second-order valence-electron chi connectivity index (χ2n) is 6.72. The summed E-state index contributed by atoms with van der Waals surface area (Å²) in [7, 11) is -9.09. The van der Waals surface area contributed by atoms with E-state index in [1.165, 1.54) is 0 Å². The molecular formula is C18H23N4O5P3. The third-order valence-electron chi connectivity index (χ3n) is 4.35. The van der Waals surface area contributed by atoms with E-state index < -0.39 is 22.9 Å². The van der Waals surface area contributed by atoms with Crippen LogP contribution in [-0.4, -0.2) is 26.4 Å². The van der Waals surface area contributed by atoms with Gasteiger partial charge in [0.15, 0.2) is 0 Å². The molecule has 30 heavy (non-hydrogen) atoms. The van der Waals surface area contributed by atoms with E-state index >= 15 is 0 Å². The van der Waals surface area contributed by atoms with Crippen LogP contribution in [0.5, 0.6) is 11.5 Å². The smallest absolute Gasteiger partial charge is 0.413 e. The largest absolute Gasteiger partial charge is 0.456 e. The quantitative estimate of drug-likeness (QED) is 0.519. The van der Waals surface area contributed by atoms with Gasteiger partial charge < -0.3 is 22.6 Å². The highest BCUT2D eigenvalue weighted by molar-refractivity contribution is 7.79. The van der Waals surface area contributed by atoms with Gasteiger partial charge >= 0.3 is 15.3 Å². The summed E-state index contributed by atoms with van der Waals surface area (Å²) in [5.74, 6) is 1.20. The lowest BCUT2D eigenvalue weighted by Crippen LogP contribution is -2.22. The van der Waals surface area contributed by atoms with Crippen molar-refractivity contribution < 1.29 is 22.6 Å². The Bertz CT molecular complexity index is 981. The molecule has 2 aromatic carbocycles. The van der Waals surface area contributed by atoms with Crippen molar-refractivity contribution in [3.05, 3.63) is 60.7 Å². The molecule has 0 aromatic heterocycles. The fourth-order valence-electron chi connectivity index (χ4n) is 3.05. The molecule has 1 N–H and O–H groups in total. The van der Waals surface area contributed by atoms with E-state index in [0.29, 0.717) is 31.3 Å². The zero-order valence-corrected chi connectivity index (χ0v) is 18.9. The first kappa shape index (κ1) is 20.5. The van der Waals surface area contributed by atoms with Crippen LogP contribution in [-0.2, 0) is 13.6 Å². The molecule has 0 aliphatic carbocycles. The maximum absolute atomic E-state index is 6.37. The number of hydrogen-bond donors (Lipinski definition) is 1. The standard InChI is InChI=1S/C18H23N4O5P3/c1-3-9-17(10-4-1)26-30(27-18-11-5-2-6-12-18)21-28(19-13-7-14-23-28)20-29(22-30)24-15-8-16-25-29/h1-6,9-12,19H,7-8,13-16H2. The summed E-state index contributed by atoms with van der Waals surface area (Å²) >= 11 is 0. The highest BCUT2D eigenvalue weighted by atomic mass is 31.3. The van der Waals surface area contributed by atoms with Crippen LogP contribution in [0, 0.1) is 0 Å². The third-order valence-corrected chi connectivity index (χ3v) is 13.0. The SMILES string of the molecule is c1ccc(OP2(Oc3ccccc3)=NP3(=NP4(=N2)OCCCO4)NCCCO3)cc1. The minimum absolute atomic E-state index is 0.511. The average Bonchev–Trinajstić information content (AvgIpc) is 2.75. The normalized spacial score (nSPS) is 26.8. The van der Waals surface area contributed by atoms with Gasteiger partial charge in [-0.3, -0.25) is 0 Å². The lowest BCUT2D eigenvalue weighted by molar-refractivity contribution is 0.173. The van der Waals surface area contributed by atoms with Crippen molar-refractivity contribution in [2.24, 2.45) is 13.5 Å². The van der Waals surface area contributed by atoms with Gasteiger partial charge in [0.25, 0.3) is 7.58 Å². The molecule has 3 aliphatic rings. The summed E-state index contributed by atoms with van der Waals surface area (Å²) in [5, 5.41) is 3.36. The summed E-state index contributed by atoms with van der Waals surface area (Å²) in [6, 6.07) is 18.8. The predicted octanol–water partition coefficient (Wildman–Crippen LogP) is 6.44. The van der Waals surface area contributed by atoms with Crippen LogP contribution in [0.1, 0.15) is 12.8 Å². The Morgan fingerprint density at radius 3 is 1.87 bits per heavy atom. The topological polar surface area (TPSA) is 95.3 Å². The van der Waals surface area contributed by atoms with E-state index in [9.17, 15) is 0 Å². The fraction of sp³-hybridized carbons (Fsp3) is 0.333. The van der Waals surface area contributed by atoms with Gasteiger partial charge in [0.2, 0.25) is 0 Å². The molecule has 2 fully saturated rings. The first-order chi connectivity index (χ1) is 14.7. The van der Waals surface area contributed by atoms with Crippen molar-refractivity contribution >= 4 is 22.9 Å². The Hall–Kier alpha value is -1.43. The van der Waals surface area contributed by atoms with Crippen molar-refractivity contribution in [1.29, 1.82) is 0 Å². The van der Waals surface area contributed by atoms with E-state index in [0.717, 1.165) is 19.4 Å². The fourth-order valence-corrected chi connectivity index (χ4v) is 12.9. The molecule has 12 heteroatoms. The van der Waals surface area contributed by atoms with Crippen molar-refractivity contribution in [3.63, 3.8) is 0 Å². The van der Waals surface area contributed by atoms with Crippen molar-refractivity contribution in [1.82, 2.24) is 5.09 Å². The van der Waals surface area contributed by atoms with Gasteiger partial charge in [-0.2, -0.15) is 4.52 Å². The summed E-state index contributed by atoms with van der Waals surface area (Å²) in [6.45, 7) is 2.30. The number of rotatable bonds is 4.